The molecular weight excluding hydrogens is 298 g/mol. The van der Waals surface area contributed by atoms with E-state index in [1.807, 2.05) is 13.8 Å². The van der Waals surface area contributed by atoms with Crippen molar-refractivity contribution in [2.24, 2.45) is 0 Å². The lowest BCUT2D eigenvalue weighted by atomic mass is 10.2. The zero-order valence-electron chi connectivity index (χ0n) is 14.0. The fraction of sp³-hybridized carbons (Fsp3) is 0.625. The summed E-state index contributed by atoms with van der Waals surface area (Å²) in [5.74, 6) is 0.886. The molecule has 2 heterocycles. The van der Waals surface area contributed by atoms with E-state index in [-0.39, 0.29) is 17.9 Å². The van der Waals surface area contributed by atoms with Crippen molar-refractivity contribution in [3.8, 4) is 0 Å². The highest BCUT2D eigenvalue weighted by Gasteiger charge is 2.25. The Morgan fingerprint density at radius 1 is 1.26 bits per heavy atom. The first-order chi connectivity index (χ1) is 11.0. The van der Waals surface area contributed by atoms with Crippen molar-refractivity contribution in [3.63, 3.8) is 0 Å². The summed E-state index contributed by atoms with van der Waals surface area (Å²) in [6, 6.07) is 3.58. The molecule has 1 fully saturated rings. The lowest BCUT2D eigenvalue weighted by Crippen LogP contribution is -2.51. The number of carbonyl (C=O) groups is 2. The number of nitrogens with zero attached hydrogens (tertiary/aromatic N) is 2. The summed E-state index contributed by atoms with van der Waals surface area (Å²) in [5, 5.41) is 2.88. The molecule has 128 valence electrons. The molecule has 1 N–H and O–H groups in total. The summed E-state index contributed by atoms with van der Waals surface area (Å²) < 4.78 is 10.5. The maximum absolute atomic E-state index is 12.4. The first-order valence-electron chi connectivity index (χ1n) is 7.88. The molecule has 0 atom stereocenters. The van der Waals surface area contributed by atoms with E-state index < -0.39 is 0 Å². The van der Waals surface area contributed by atoms with Crippen LogP contribution >= 0.6 is 0 Å². The van der Waals surface area contributed by atoms with Crippen molar-refractivity contribution in [1.82, 2.24) is 15.1 Å². The Bertz CT molecular complexity index is 533. The number of carbonyl (C=O) groups excluding carboxylic acids is 2. The fourth-order valence-electron chi connectivity index (χ4n) is 2.55. The largest absolute Gasteiger partial charge is 0.453 e. The Morgan fingerprint density at radius 3 is 2.57 bits per heavy atom. The number of ether oxygens (including phenoxy) is 1. The second-order valence-electron chi connectivity index (χ2n) is 5.99. The second kappa shape index (κ2) is 8.12. The zero-order valence-corrected chi connectivity index (χ0v) is 14.0. The molecule has 1 aliphatic heterocycles. The van der Waals surface area contributed by atoms with E-state index >= 15 is 0 Å². The SMILES string of the molecule is COCc1ccc(C(=O)N2CCN(CC(=O)NC(C)C)CC2)o1. The lowest BCUT2D eigenvalue weighted by molar-refractivity contribution is -0.123. The van der Waals surface area contributed by atoms with Crippen LogP contribution in [-0.2, 0) is 16.1 Å². The number of rotatable bonds is 6. The highest BCUT2D eigenvalue weighted by Crippen LogP contribution is 2.13. The summed E-state index contributed by atoms with van der Waals surface area (Å²) in [6.45, 7) is 7.16. The van der Waals surface area contributed by atoms with Crippen LogP contribution in [0.5, 0.6) is 0 Å². The van der Waals surface area contributed by atoms with Gasteiger partial charge in [0.2, 0.25) is 5.91 Å². The standard InChI is InChI=1S/C16H25N3O4/c1-12(2)17-15(20)10-18-6-8-19(9-7-18)16(21)14-5-4-13(23-14)11-22-3/h4-5,12H,6-11H2,1-3H3,(H,17,20). The van der Waals surface area contributed by atoms with Crippen molar-refractivity contribution >= 4 is 11.8 Å². The van der Waals surface area contributed by atoms with Gasteiger partial charge >= 0.3 is 0 Å². The summed E-state index contributed by atoms with van der Waals surface area (Å²) in [7, 11) is 1.58. The van der Waals surface area contributed by atoms with Gasteiger partial charge in [0, 0.05) is 39.3 Å². The third-order valence-electron chi connectivity index (χ3n) is 3.64. The number of amides is 2. The maximum Gasteiger partial charge on any atom is 0.289 e. The molecule has 0 bridgehead atoms. The van der Waals surface area contributed by atoms with Gasteiger partial charge in [0.05, 0.1) is 6.54 Å². The molecule has 0 aromatic carbocycles. The highest BCUT2D eigenvalue weighted by atomic mass is 16.5. The van der Waals surface area contributed by atoms with Crippen LogP contribution in [-0.4, -0.2) is 67.5 Å². The summed E-state index contributed by atoms with van der Waals surface area (Å²) in [5.41, 5.74) is 0. The number of piperazine rings is 1. The number of nitrogens with one attached hydrogen (secondary N) is 1. The van der Waals surface area contributed by atoms with Gasteiger partial charge < -0.3 is 19.4 Å². The lowest BCUT2D eigenvalue weighted by Gasteiger charge is -2.34. The maximum atomic E-state index is 12.4. The fourth-order valence-corrected chi connectivity index (χ4v) is 2.55. The molecule has 1 aliphatic rings. The normalized spacial score (nSPS) is 15.9. The monoisotopic (exact) mass is 323 g/mol. The number of furan rings is 1. The smallest absolute Gasteiger partial charge is 0.289 e. The van der Waals surface area contributed by atoms with Gasteiger partial charge in [-0.3, -0.25) is 14.5 Å². The molecule has 23 heavy (non-hydrogen) atoms. The quantitative estimate of drug-likeness (QED) is 0.834. The minimum absolute atomic E-state index is 0.0232. The van der Waals surface area contributed by atoms with Crippen molar-refractivity contribution in [2.75, 3.05) is 39.8 Å². The molecular formula is C16H25N3O4. The van der Waals surface area contributed by atoms with E-state index in [4.69, 9.17) is 9.15 Å². The van der Waals surface area contributed by atoms with E-state index in [1.165, 1.54) is 0 Å². The van der Waals surface area contributed by atoms with Crippen LogP contribution in [0, 0.1) is 0 Å². The molecule has 1 aromatic heterocycles. The molecule has 7 nitrogen and oxygen atoms in total. The van der Waals surface area contributed by atoms with Crippen molar-refractivity contribution < 1.29 is 18.7 Å². The predicted octanol–water partition coefficient (Wildman–Crippen LogP) is 0.708. The Balaban J connectivity index is 1.81. The van der Waals surface area contributed by atoms with E-state index in [0.29, 0.717) is 50.9 Å². The average Bonchev–Trinajstić information content (AvgIpc) is 2.95. The van der Waals surface area contributed by atoms with Gasteiger partial charge in [-0.1, -0.05) is 0 Å². The number of hydrogen-bond acceptors (Lipinski definition) is 5. The van der Waals surface area contributed by atoms with Crippen LogP contribution in [0.1, 0.15) is 30.2 Å². The molecule has 0 aliphatic carbocycles. The van der Waals surface area contributed by atoms with E-state index in [9.17, 15) is 9.59 Å². The van der Waals surface area contributed by atoms with Gasteiger partial charge in [-0.05, 0) is 26.0 Å². The number of hydrogen-bond donors (Lipinski definition) is 1. The van der Waals surface area contributed by atoms with Crippen LogP contribution in [0.25, 0.3) is 0 Å². The minimum atomic E-state index is -0.112. The Hall–Kier alpha value is -1.86. The van der Waals surface area contributed by atoms with Crippen LogP contribution in [0.2, 0.25) is 0 Å². The topological polar surface area (TPSA) is 75.0 Å². The van der Waals surface area contributed by atoms with Crippen LogP contribution in [0.4, 0.5) is 0 Å². The first-order valence-corrected chi connectivity index (χ1v) is 7.88. The highest BCUT2D eigenvalue weighted by molar-refractivity contribution is 5.91. The van der Waals surface area contributed by atoms with Crippen LogP contribution in [0.15, 0.2) is 16.5 Å². The van der Waals surface area contributed by atoms with Gasteiger partial charge in [0.25, 0.3) is 5.91 Å². The Morgan fingerprint density at radius 2 is 1.96 bits per heavy atom. The van der Waals surface area contributed by atoms with E-state index in [2.05, 4.69) is 10.2 Å². The van der Waals surface area contributed by atoms with Crippen molar-refractivity contribution in [2.45, 2.75) is 26.5 Å². The number of methoxy groups -OCH3 is 1. The van der Waals surface area contributed by atoms with Crippen molar-refractivity contribution in [1.29, 1.82) is 0 Å². The molecule has 2 amide bonds. The van der Waals surface area contributed by atoms with Gasteiger partial charge in [-0.15, -0.1) is 0 Å². The molecule has 7 heteroatoms. The van der Waals surface area contributed by atoms with Gasteiger partial charge in [0.15, 0.2) is 5.76 Å². The third kappa shape index (κ3) is 5.07. The molecule has 0 saturated carbocycles. The summed E-state index contributed by atoms with van der Waals surface area (Å²) >= 11 is 0. The minimum Gasteiger partial charge on any atom is -0.453 e. The second-order valence-corrected chi connectivity index (χ2v) is 5.99. The predicted molar refractivity (Wildman–Crippen MR) is 85.0 cm³/mol. The Labute approximate surface area is 136 Å². The van der Waals surface area contributed by atoms with Crippen LogP contribution < -0.4 is 5.32 Å². The van der Waals surface area contributed by atoms with E-state index in [1.54, 1.807) is 24.1 Å². The van der Waals surface area contributed by atoms with Crippen LogP contribution in [0.3, 0.4) is 0 Å². The summed E-state index contributed by atoms with van der Waals surface area (Å²) in [6.07, 6.45) is 0. The molecule has 0 spiro atoms. The molecule has 1 aromatic rings. The van der Waals surface area contributed by atoms with Gasteiger partial charge in [-0.2, -0.15) is 0 Å². The molecule has 0 radical (unpaired) electrons. The van der Waals surface area contributed by atoms with Crippen molar-refractivity contribution in [3.05, 3.63) is 23.7 Å². The first kappa shape index (κ1) is 17.5. The molecule has 0 unspecified atom stereocenters. The third-order valence-corrected chi connectivity index (χ3v) is 3.64. The van der Waals surface area contributed by atoms with E-state index in [0.717, 1.165) is 0 Å². The summed E-state index contributed by atoms with van der Waals surface area (Å²) in [4.78, 5) is 28.0. The Kier molecular flexibility index (Phi) is 6.18. The van der Waals surface area contributed by atoms with Gasteiger partial charge in [0.1, 0.15) is 12.4 Å². The molecule has 2 rings (SSSR count). The zero-order chi connectivity index (χ0) is 16.8. The average molecular weight is 323 g/mol. The van der Waals surface area contributed by atoms with Gasteiger partial charge in [-0.25, -0.2) is 0 Å². The molecule has 1 saturated heterocycles.